The SMILES string of the molecule is C=CCOCC(=O)NC(C)(C)CCC(=O)O. The molecule has 0 aliphatic carbocycles. The fourth-order valence-electron chi connectivity index (χ4n) is 1.13. The molecule has 0 atom stereocenters. The normalized spacial score (nSPS) is 10.9. The number of nitrogens with one attached hydrogen (secondary N) is 1. The first-order chi connectivity index (χ1) is 7.37. The average molecular weight is 229 g/mol. The van der Waals surface area contributed by atoms with Gasteiger partial charge in [-0.1, -0.05) is 6.08 Å². The Bertz CT molecular complexity index is 261. The molecule has 0 heterocycles. The molecule has 0 radical (unpaired) electrons. The number of rotatable bonds is 8. The smallest absolute Gasteiger partial charge is 0.303 e. The van der Waals surface area contributed by atoms with Gasteiger partial charge >= 0.3 is 5.97 Å². The van der Waals surface area contributed by atoms with Crippen LogP contribution in [0.25, 0.3) is 0 Å². The second kappa shape index (κ2) is 7.00. The van der Waals surface area contributed by atoms with Crippen molar-refractivity contribution in [3.8, 4) is 0 Å². The van der Waals surface area contributed by atoms with Gasteiger partial charge in [0.2, 0.25) is 5.91 Å². The predicted octanol–water partition coefficient (Wildman–Crippen LogP) is 0.949. The van der Waals surface area contributed by atoms with Crippen molar-refractivity contribution < 1.29 is 19.4 Å². The zero-order valence-electron chi connectivity index (χ0n) is 9.78. The summed E-state index contributed by atoms with van der Waals surface area (Å²) in [5, 5.41) is 11.2. The minimum absolute atomic E-state index is 0.0286. The first-order valence-corrected chi connectivity index (χ1v) is 5.09. The van der Waals surface area contributed by atoms with E-state index in [1.54, 1.807) is 19.9 Å². The summed E-state index contributed by atoms with van der Waals surface area (Å²) in [6.45, 7) is 7.30. The summed E-state index contributed by atoms with van der Waals surface area (Å²) in [7, 11) is 0. The Morgan fingerprint density at radius 1 is 1.50 bits per heavy atom. The lowest BCUT2D eigenvalue weighted by Crippen LogP contribution is -2.45. The van der Waals surface area contributed by atoms with Gasteiger partial charge in [0.25, 0.3) is 0 Å². The highest BCUT2D eigenvalue weighted by Crippen LogP contribution is 2.10. The topological polar surface area (TPSA) is 75.6 Å². The monoisotopic (exact) mass is 229 g/mol. The van der Waals surface area contributed by atoms with Gasteiger partial charge in [-0.3, -0.25) is 9.59 Å². The maximum atomic E-state index is 11.4. The molecule has 5 heteroatoms. The fraction of sp³-hybridized carbons (Fsp3) is 0.636. The minimum atomic E-state index is -0.870. The summed E-state index contributed by atoms with van der Waals surface area (Å²) in [6.07, 6.45) is 1.97. The van der Waals surface area contributed by atoms with Crippen LogP contribution in [0.4, 0.5) is 0 Å². The summed E-state index contributed by atoms with van der Waals surface area (Å²) in [4.78, 5) is 21.8. The van der Waals surface area contributed by atoms with E-state index in [4.69, 9.17) is 9.84 Å². The lowest BCUT2D eigenvalue weighted by molar-refractivity contribution is -0.138. The Kier molecular flexibility index (Phi) is 6.41. The van der Waals surface area contributed by atoms with Crippen LogP contribution in [0.15, 0.2) is 12.7 Å². The average Bonchev–Trinajstić information content (AvgIpc) is 2.15. The van der Waals surface area contributed by atoms with E-state index >= 15 is 0 Å². The highest BCUT2D eigenvalue weighted by molar-refractivity contribution is 5.78. The van der Waals surface area contributed by atoms with Crippen LogP contribution in [-0.4, -0.2) is 35.7 Å². The van der Waals surface area contributed by atoms with Crippen molar-refractivity contribution in [2.75, 3.05) is 13.2 Å². The van der Waals surface area contributed by atoms with E-state index in [2.05, 4.69) is 11.9 Å². The number of amides is 1. The standard InChI is InChI=1S/C11H19NO4/c1-4-7-16-8-9(13)12-11(2,3)6-5-10(14)15/h4H,1,5-8H2,2-3H3,(H,12,13)(H,14,15). The van der Waals surface area contributed by atoms with Crippen LogP contribution in [0.5, 0.6) is 0 Å². The molecule has 0 spiro atoms. The van der Waals surface area contributed by atoms with Gasteiger partial charge in [-0.25, -0.2) is 0 Å². The van der Waals surface area contributed by atoms with Crippen molar-refractivity contribution in [2.45, 2.75) is 32.2 Å². The Balaban J connectivity index is 3.89. The molecule has 5 nitrogen and oxygen atoms in total. The lowest BCUT2D eigenvalue weighted by atomic mass is 9.98. The number of hydrogen-bond donors (Lipinski definition) is 2. The minimum Gasteiger partial charge on any atom is -0.481 e. The number of hydrogen-bond acceptors (Lipinski definition) is 3. The second-order valence-corrected chi connectivity index (χ2v) is 4.13. The van der Waals surface area contributed by atoms with Gasteiger partial charge < -0.3 is 15.2 Å². The summed E-state index contributed by atoms with van der Waals surface area (Å²) in [6, 6.07) is 0. The molecule has 1 amide bonds. The molecule has 16 heavy (non-hydrogen) atoms. The number of carboxylic acid groups (broad SMARTS) is 1. The van der Waals surface area contributed by atoms with Crippen molar-refractivity contribution in [2.24, 2.45) is 0 Å². The molecule has 0 aliphatic rings. The Morgan fingerprint density at radius 2 is 2.12 bits per heavy atom. The molecule has 0 saturated carbocycles. The van der Waals surface area contributed by atoms with Crippen molar-refractivity contribution >= 4 is 11.9 Å². The van der Waals surface area contributed by atoms with Gasteiger partial charge in [0, 0.05) is 12.0 Å². The van der Waals surface area contributed by atoms with Crippen LogP contribution < -0.4 is 5.32 Å². The van der Waals surface area contributed by atoms with E-state index in [9.17, 15) is 9.59 Å². The molecule has 0 saturated heterocycles. The molecule has 0 fully saturated rings. The Morgan fingerprint density at radius 3 is 2.62 bits per heavy atom. The van der Waals surface area contributed by atoms with Gasteiger partial charge in [0.05, 0.1) is 6.61 Å². The molecule has 0 aromatic rings. The van der Waals surface area contributed by atoms with Gasteiger partial charge in [-0.15, -0.1) is 6.58 Å². The molecular formula is C11H19NO4. The molecule has 2 N–H and O–H groups in total. The summed E-state index contributed by atoms with van der Waals surface area (Å²) in [5.41, 5.74) is -0.535. The number of carboxylic acids is 1. The van der Waals surface area contributed by atoms with Crippen molar-refractivity contribution in [3.05, 3.63) is 12.7 Å². The maximum Gasteiger partial charge on any atom is 0.303 e. The van der Waals surface area contributed by atoms with Crippen molar-refractivity contribution in [1.29, 1.82) is 0 Å². The second-order valence-electron chi connectivity index (χ2n) is 4.13. The Hall–Kier alpha value is -1.36. The molecule has 0 bridgehead atoms. The first kappa shape index (κ1) is 14.6. The molecular weight excluding hydrogens is 210 g/mol. The van der Waals surface area contributed by atoms with Crippen LogP contribution in [-0.2, 0) is 14.3 Å². The van der Waals surface area contributed by atoms with Gasteiger partial charge in [0.15, 0.2) is 0 Å². The van der Waals surface area contributed by atoms with Crippen LogP contribution in [0, 0.1) is 0 Å². The third-order valence-electron chi connectivity index (χ3n) is 1.91. The quantitative estimate of drug-likeness (QED) is 0.480. The van der Waals surface area contributed by atoms with E-state index in [0.717, 1.165) is 0 Å². The number of ether oxygens (including phenoxy) is 1. The van der Waals surface area contributed by atoms with Gasteiger partial charge in [0.1, 0.15) is 6.61 Å². The van der Waals surface area contributed by atoms with E-state index in [0.29, 0.717) is 13.0 Å². The van der Waals surface area contributed by atoms with Gasteiger partial charge in [-0.2, -0.15) is 0 Å². The van der Waals surface area contributed by atoms with E-state index < -0.39 is 11.5 Å². The van der Waals surface area contributed by atoms with Gasteiger partial charge in [-0.05, 0) is 20.3 Å². The first-order valence-electron chi connectivity index (χ1n) is 5.09. The molecule has 0 aliphatic heterocycles. The summed E-state index contributed by atoms with van der Waals surface area (Å²) in [5.74, 6) is -1.12. The molecule has 0 aromatic carbocycles. The van der Waals surface area contributed by atoms with Crippen LogP contribution in [0.3, 0.4) is 0 Å². The highest BCUT2D eigenvalue weighted by atomic mass is 16.5. The number of aliphatic carboxylic acids is 1. The summed E-state index contributed by atoms with van der Waals surface area (Å²) < 4.78 is 4.97. The van der Waals surface area contributed by atoms with Crippen LogP contribution >= 0.6 is 0 Å². The Labute approximate surface area is 95.5 Å². The molecule has 0 aromatic heterocycles. The van der Waals surface area contributed by atoms with E-state index in [-0.39, 0.29) is 18.9 Å². The van der Waals surface area contributed by atoms with Crippen LogP contribution in [0.1, 0.15) is 26.7 Å². The highest BCUT2D eigenvalue weighted by Gasteiger charge is 2.21. The summed E-state index contributed by atoms with van der Waals surface area (Å²) >= 11 is 0. The maximum absolute atomic E-state index is 11.4. The zero-order valence-corrected chi connectivity index (χ0v) is 9.78. The third-order valence-corrected chi connectivity index (χ3v) is 1.91. The van der Waals surface area contributed by atoms with Crippen molar-refractivity contribution in [3.63, 3.8) is 0 Å². The predicted molar refractivity (Wildman–Crippen MR) is 60.1 cm³/mol. The lowest BCUT2D eigenvalue weighted by Gasteiger charge is -2.25. The number of carbonyl (C=O) groups excluding carboxylic acids is 1. The zero-order chi connectivity index (χ0) is 12.6. The molecule has 0 rings (SSSR count). The van der Waals surface area contributed by atoms with E-state index in [1.165, 1.54) is 0 Å². The van der Waals surface area contributed by atoms with E-state index in [1.807, 2.05) is 0 Å². The fourth-order valence-corrected chi connectivity index (χ4v) is 1.13. The number of carbonyl (C=O) groups is 2. The van der Waals surface area contributed by atoms with Crippen molar-refractivity contribution in [1.82, 2.24) is 5.32 Å². The largest absolute Gasteiger partial charge is 0.481 e. The van der Waals surface area contributed by atoms with Crippen LogP contribution in [0.2, 0.25) is 0 Å². The molecule has 0 unspecified atom stereocenters. The third kappa shape index (κ3) is 7.99. The molecule has 92 valence electrons.